The Balaban J connectivity index is 1.74. The average Bonchev–Trinajstić information content (AvgIpc) is 3.36. The lowest BCUT2D eigenvalue weighted by molar-refractivity contribution is 0.0747. The molecule has 0 aliphatic heterocycles. The number of amides is 1. The minimum Gasteiger partial charge on any atom is -0.338 e. The smallest absolute Gasteiger partial charge is 0.253 e. The van der Waals surface area contributed by atoms with Gasteiger partial charge in [-0.3, -0.25) is 4.79 Å². The number of aryl methyl sites for hydroxylation is 1. The molecule has 0 N–H and O–H groups in total. The molecule has 2 aromatic carbocycles. The predicted molar refractivity (Wildman–Crippen MR) is 108 cm³/mol. The predicted octanol–water partition coefficient (Wildman–Crippen LogP) is 3.90. The third-order valence-corrected chi connectivity index (χ3v) is 5.12. The Morgan fingerprint density at radius 3 is 2.57 bits per heavy atom. The van der Waals surface area contributed by atoms with Gasteiger partial charge in [0, 0.05) is 18.7 Å². The zero-order valence-electron chi connectivity index (χ0n) is 16.4. The van der Waals surface area contributed by atoms with Crippen LogP contribution in [0.3, 0.4) is 0 Å². The maximum Gasteiger partial charge on any atom is 0.253 e. The van der Waals surface area contributed by atoms with Crippen LogP contribution in [0.15, 0.2) is 48.8 Å². The second kappa shape index (κ2) is 7.92. The van der Waals surface area contributed by atoms with Crippen LogP contribution in [0.4, 0.5) is 0 Å². The van der Waals surface area contributed by atoms with Crippen molar-refractivity contribution < 1.29 is 4.79 Å². The summed E-state index contributed by atoms with van der Waals surface area (Å²) in [6.45, 7) is 5.81. The third-order valence-electron chi connectivity index (χ3n) is 5.12. The van der Waals surface area contributed by atoms with Gasteiger partial charge in [0.05, 0.1) is 5.69 Å². The molecule has 3 aromatic rings. The lowest BCUT2D eigenvalue weighted by atomic mass is 10.00. The standard InChI is InChI=1S/C22H25N5O/c1-3-10-26(14-17-6-7-17)22(28)20-11-19(18-8-4-16(2)5-9-18)12-21(13-20)27-15-23-24-25-27/h4-5,8-9,11-13,15,17H,3,6-7,10,14H2,1-2H3. The molecule has 0 spiro atoms. The lowest BCUT2D eigenvalue weighted by Gasteiger charge is -2.23. The fourth-order valence-corrected chi connectivity index (χ4v) is 3.40. The van der Waals surface area contributed by atoms with Crippen LogP contribution in [-0.2, 0) is 0 Å². The van der Waals surface area contributed by atoms with Crippen molar-refractivity contribution in [2.24, 2.45) is 5.92 Å². The summed E-state index contributed by atoms with van der Waals surface area (Å²) in [5.74, 6) is 0.742. The van der Waals surface area contributed by atoms with Gasteiger partial charge in [-0.2, -0.15) is 0 Å². The molecule has 4 rings (SSSR count). The zero-order valence-corrected chi connectivity index (χ0v) is 16.4. The van der Waals surface area contributed by atoms with Gasteiger partial charge in [-0.25, -0.2) is 4.68 Å². The summed E-state index contributed by atoms with van der Waals surface area (Å²) in [5, 5.41) is 11.5. The molecule has 28 heavy (non-hydrogen) atoms. The molecule has 0 saturated heterocycles. The van der Waals surface area contributed by atoms with Gasteiger partial charge in [-0.05, 0) is 71.9 Å². The first kappa shape index (κ1) is 18.3. The molecule has 1 saturated carbocycles. The number of carbonyl (C=O) groups is 1. The van der Waals surface area contributed by atoms with E-state index in [4.69, 9.17) is 0 Å². The zero-order chi connectivity index (χ0) is 19.5. The van der Waals surface area contributed by atoms with Crippen LogP contribution in [-0.4, -0.2) is 44.1 Å². The summed E-state index contributed by atoms with van der Waals surface area (Å²) in [5.41, 5.74) is 4.72. The monoisotopic (exact) mass is 375 g/mol. The minimum absolute atomic E-state index is 0.0806. The first-order chi connectivity index (χ1) is 13.6. The molecular weight excluding hydrogens is 350 g/mol. The first-order valence-electron chi connectivity index (χ1n) is 9.89. The van der Waals surface area contributed by atoms with Crippen molar-refractivity contribution in [1.29, 1.82) is 0 Å². The van der Waals surface area contributed by atoms with Crippen molar-refractivity contribution in [3.8, 4) is 16.8 Å². The highest BCUT2D eigenvalue weighted by molar-refractivity contribution is 5.96. The second-order valence-electron chi connectivity index (χ2n) is 7.58. The van der Waals surface area contributed by atoms with E-state index < -0.39 is 0 Å². The maximum atomic E-state index is 13.3. The number of hydrogen-bond acceptors (Lipinski definition) is 4. The molecule has 0 bridgehead atoms. The molecule has 6 nitrogen and oxygen atoms in total. The number of rotatable bonds is 7. The quantitative estimate of drug-likeness (QED) is 0.628. The van der Waals surface area contributed by atoms with Gasteiger partial charge in [0.1, 0.15) is 6.33 Å². The summed E-state index contributed by atoms with van der Waals surface area (Å²) >= 11 is 0. The molecule has 144 valence electrons. The van der Waals surface area contributed by atoms with E-state index in [0.717, 1.165) is 36.3 Å². The van der Waals surface area contributed by atoms with Gasteiger partial charge in [-0.1, -0.05) is 36.8 Å². The summed E-state index contributed by atoms with van der Waals surface area (Å²) in [6, 6.07) is 14.2. The highest BCUT2D eigenvalue weighted by atomic mass is 16.2. The summed E-state index contributed by atoms with van der Waals surface area (Å²) in [7, 11) is 0. The highest BCUT2D eigenvalue weighted by Crippen LogP contribution is 2.31. The van der Waals surface area contributed by atoms with Crippen molar-refractivity contribution in [1.82, 2.24) is 25.1 Å². The number of tetrazole rings is 1. The van der Waals surface area contributed by atoms with E-state index in [-0.39, 0.29) is 5.91 Å². The largest absolute Gasteiger partial charge is 0.338 e. The Hall–Kier alpha value is -3.02. The maximum absolute atomic E-state index is 13.3. The normalized spacial score (nSPS) is 13.5. The van der Waals surface area contributed by atoms with Crippen LogP contribution >= 0.6 is 0 Å². The lowest BCUT2D eigenvalue weighted by Crippen LogP contribution is -2.33. The van der Waals surface area contributed by atoms with Crippen molar-refractivity contribution in [3.63, 3.8) is 0 Å². The van der Waals surface area contributed by atoms with E-state index in [1.54, 1.807) is 11.0 Å². The molecule has 6 heteroatoms. The summed E-state index contributed by atoms with van der Waals surface area (Å²) in [6.07, 6.45) is 4.96. The molecule has 0 atom stereocenters. The van der Waals surface area contributed by atoms with Gasteiger partial charge in [0.2, 0.25) is 0 Å². The van der Waals surface area contributed by atoms with Crippen LogP contribution in [0.1, 0.15) is 42.1 Å². The van der Waals surface area contributed by atoms with Crippen molar-refractivity contribution >= 4 is 5.91 Å². The SMILES string of the molecule is CCCN(CC1CC1)C(=O)c1cc(-c2ccc(C)cc2)cc(-n2cnnn2)c1. The van der Waals surface area contributed by atoms with E-state index in [0.29, 0.717) is 11.5 Å². The van der Waals surface area contributed by atoms with Crippen LogP contribution < -0.4 is 0 Å². The molecule has 1 heterocycles. The number of hydrogen-bond donors (Lipinski definition) is 0. The van der Waals surface area contributed by atoms with Gasteiger partial charge in [0.15, 0.2) is 0 Å². The Kier molecular flexibility index (Phi) is 5.19. The summed E-state index contributed by atoms with van der Waals surface area (Å²) in [4.78, 5) is 15.3. The van der Waals surface area contributed by atoms with Crippen LogP contribution in [0, 0.1) is 12.8 Å². The molecule has 1 fully saturated rings. The van der Waals surface area contributed by atoms with E-state index in [1.165, 1.54) is 18.4 Å². The fourth-order valence-electron chi connectivity index (χ4n) is 3.40. The van der Waals surface area contributed by atoms with E-state index in [9.17, 15) is 4.79 Å². The molecule has 1 amide bonds. The Bertz CT molecular complexity index is 946. The Morgan fingerprint density at radius 2 is 1.93 bits per heavy atom. The van der Waals surface area contributed by atoms with Gasteiger partial charge in [-0.15, -0.1) is 5.10 Å². The number of carbonyl (C=O) groups excluding carboxylic acids is 1. The molecule has 1 aliphatic carbocycles. The van der Waals surface area contributed by atoms with Crippen LogP contribution in [0.5, 0.6) is 0 Å². The molecular formula is C22H25N5O. The topological polar surface area (TPSA) is 63.9 Å². The number of benzene rings is 2. The fraction of sp³-hybridized carbons (Fsp3) is 0.364. The Morgan fingerprint density at radius 1 is 1.14 bits per heavy atom. The van der Waals surface area contributed by atoms with Crippen molar-refractivity contribution in [2.75, 3.05) is 13.1 Å². The van der Waals surface area contributed by atoms with Gasteiger partial charge < -0.3 is 4.90 Å². The van der Waals surface area contributed by atoms with Crippen molar-refractivity contribution in [3.05, 3.63) is 59.9 Å². The second-order valence-corrected chi connectivity index (χ2v) is 7.58. The van der Waals surface area contributed by atoms with Gasteiger partial charge >= 0.3 is 0 Å². The molecule has 0 radical (unpaired) electrons. The number of aromatic nitrogens is 4. The average molecular weight is 375 g/mol. The van der Waals surface area contributed by atoms with E-state index in [2.05, 4.69) is 53.6 Å². The Labute approximate surface area is 165 Å². The number of nitrogens with zero attached hydrogens (tertiary/aromatic N) is 5. The molecule has 0 unspecified atom stereocenters. The van der Waals surface area contributed by atoms with Crippen molar-refractivity contribution in [2.45, 2.75) is 33.1 Å². The molecule has 1 aromatic heterocycles. The van der Waals surface area contributed by atoms with E-state index >= 15 is 0 Å². The van der Waals surface area contributed by atoms with Gasteiger partial charge in [0.25, 0.3) is 5.91 Å². The third kappa shape index (κ3) is 4.11. The molecule has 1 aliphatic rings. The highest BCUT2D eigenvalue weighted by Gasteiger charge is 2.27. The van der Waals surface area contributed by atoms with E-state index in [1.807, 2.05) is 23.1 Å². The first-order valence-corrected chi connectivity index (χ1v) is 9.89. The minimum atomic E-state index is 0.0806. The van der Waals surface area contributed by atoms with Crippen LogP contribution in [0.2, 0.25) is 0 Å². The van der Waals surface area contributed by atoms with Crippen LogP contribution in [0.25, 0.3) is 16.8 Å². The summed E-state index contributed by atoms with van der Waals surface area (Å²) < 4.78 is 1.60.